The molecule has 0 saturated heterocycles. The molecule has 8 heteroatoms. The topological polar surface area (TPSA) is 67.8 Å². The molecule has 2 N–H and O–H groups in total. The number of phenols is 1. The molecule has 0 atom stereocenters. The van der Waals surface area contributed by atoms with Crippen molar-refractivity contribution >= 4 is 16.6 Å². The molecule has 33 heavy (non-hydrogen) atoms. The monoisotopic (exact) mass is 459 g/mol. The van der Waals surface area contributed by atoms with Gasteiger partial charge in [0.2, 0.25) is 0 Å². The van der Waals surface area contributed by atoms with Crippen molar-refractivity contribution in [3.05, 3.63) is 77.5 Å². The highest BCUT2D eigenvalue weighted by atomic mass is 19.4. The fraction of sp³-hybridized carbons (Fsp3) is 0.240. The van der Waals surface area contributed by atoms with Crippen molar-refractivity contribution in [1.82, 2.24) is 5.32 Å². The van der Waals surface area contributed by atoms with Crippen LogP contribution in [0.2, 0.25) is 0 Å². The lowest BCUT2D eigenvalue weighted by Crippen LogP contribution is -2.27. The minimum absolute atomic E-state index is 0.167. The average Bonchev–Trinajstić information content (AvgIpc) is 2.81. The van der Waals surface area contributed by atoms with Gasteiger partial charge in [-0.05, 0) is 41.0 Å². The van der Waals surface area contributed by atoms with Crippen LogP contribution in [0.1, 0.15) is 11.1 Å². The number of nitrogens with one attached hydrogen (secondary N) is 1. The van der Waals surface area contributed by atoms with Crippen LogP contribution < -0.4 is 14.8 Å². The molecule has 0 heterocycles. The Bertz CT molecular complexity index is 1170. The maximum atomic E-state index is 13.2. The summed E-state index contributed by atoms with van der Waals surface area (Å²) in [6, 6.07) is 15.4. The third-order valence-electron chi connectivity index (χ3n) is 5.21. The minimum atomic E-state index is -5.03. The number of halogens is 3. The summed E-state index contributed by atoms with van der Waals surface area (Å²) >= 11 is 0. The second-order valence-corrected chi connectivity index (χ2v) is 7.35. The number of fused-ring (bicyclic) bond motifs is 1. The molecule has 3 aromatic carbocycles. The molecule has 0 saturated carbocycles. The van der Waals surface area contributed by atoms with E-state index in [2.05, 4.69) is 5.32 Å². The summed E-state index contributed by atoms with van der Waals surface area (Å²) in [7, 11) is 3.04. The Labute approximate surface area is 189 Å². The van der Waals surface area contributed by atoms with E-state index in [4.69, 9.17) is 9.47 Å². The number of allylic oxidation sites excluding steroid dienone is 1. The van der Waals surface area contributed by atoms with Crippen LogP contribution in [0.4, 0.5) is 13.2 Å². The van der Waals surface area contributed by atoms with E-state index >= 15 is 0 Å². The van der Waals surface area contributed by atoms with Crippen molar-refractivity contribution < 1.29 is 32.5 Å². The summed E-state index contributed by atoms with van der Waals surface area (Å²) < 4.78 is 50.2. The summed E-state index contributed by atoms with van der Waals surface area (Å²) in [5.74, 6) is -1.000. The van der Waals surface area contributed by atoms with E-state index in [0.29, 0.717) is 23.3 Å². The third kappa shape index (κ3) is 5.77. The SMILES string of the molecule is COc1ccc(CCN/C=C(\Cc2c(O)ccc3ccccc23)C(=O)C(F)(F)F)cc1OC. The van der Waals surface area contributed by atoms with Gasteiger partial charge in [0.05, 0.1) is 14.2 Å². The number of ether oxygens (including phenoxy) is 2. The van der Waals surface area contributed by atoms with Crippen LogP contribution in [0.15, 0.2) is 66.4 Å². The van der Waals surface area contributed by atoms with E-state index in [1.54, 1.807) is 42.5 Å². The van der Waals surface area contributed by atoms with Gasteiger partial charge in [-0.3, -0.25) is 4.79 Å². The maximum absolute atomic E-state index is 13.2. The normalized spacial score (nSPS) is 12.0. The molecular weight excluding hydrogens is 435 g/mol. The number of carbonyl (C=O) groups is 1. The van der Waals surface area contributed by atoms with Crippen LogP contribution in [0.25, 0.3) is 10.8 Å². The fourth-order valence-corrected chi connectivity index (χ4v) is 3.53. The van der Waals surface area contributed by atoms with Crippen molar-refractivity contribution in [2.75, 3.05) is 20.8 Å². The van der Waals surface area contributed by atoms with Crippen molar-refractivity contribution in [3.63, 3.8) is 0 Å². The number of rotatable bonds is 9. The van der Waals surface area contributed by atoms with Crippen molar-refractivity contribution in [3.8, 4) is 17.2 Å². The predicted molar refractivity (Wildman–Crippen MR) is 120 cm³/mol. The minimum Gasteiger partial charge on any atom is -0.508 e. The van der Waals surface area contributed by atoms with Crippen LogP contribution in [0, 0.1) is 0 Å². The second kappa shape index (κ2) is 10.3. The zero-order valence-corrected chi connectivity index (χ0v) is 18.2. The highest BCUT2D eigenvalue weighted by Crippen LogP contribution is 2.31. The molecule has 0 aliphatic heterocycles. The number of methoxy groups -OCH3 is 2. The first-order valence-electron chi connectivity index (χ1n) is 10.2. The number of ketones is 1. The van der Waals surface area contributed by atoms with Crippen LogP contribution in [-0.4, -0.2) is 37.8 Å². The Balaban J connectivity index is 1.81. The first kappa shape index (κ1) is 24.0. The Morgan fingerprint density at radius 2 is 1.76 bits per heavy atom. The molecule has 0 aliphatic rings. The molecule has 3 aromatic rings. The van der Waals surface area contributed by atoms with Crippen LogP contribution >= 0.6 is 0 Å². The van der Waals surface area contributed by atoms with Crippen LogP contribution in [-0.2, 0) is 17.6 Å². The summed E-state index contributed by atoms with van der Waals surface area (Å²) in [6.07, 6.45) is -3.84. The van der Waals surface area contributed by atoms with Gasteiger partial charge in [0.1, 0.15) is 5.75 Å². The zero-order chi connectivity index (χ0) is 24.0. The molecule has 5 nitrogen and oxygen atoms in total. The molecule has 0 aliphatic carbocycles. The molecule has 0 spiro atoms. The number of aromatic hydroxyl groups is 1. The lowest BCUT2D eigenvalue weighted by molar-refractivity contribution is -0.166. The first-order chi connectivity index (χ1) is 15.7. The molecule has 3 rings (SSSR count). The lowest BCUT2D eigenvalue weighted by atomic mass is 9.96. The Morgan fingerprint density at radius 3 is 2.45 bits per heavy atom. The Hall–Kier alpha value is -3.68. The molecule has 0 bridgehead atoms. The van der Waals surface area contributed by atoms with E-state index in [1.807, 2.05) is 6.07 Å². The summed E-state index contributed by atoms with van der Waals surface area (Å²) in [5, 5.41) is 14.4. The quantitative estimate of drug-likeness (QED) is 0.350. The number of phenolic OH excluding ortho intramolecular Hbond substituents is 1. The lowest BCUT2D eigenvalue weighted by Gasteiger charge is -2.14. The van der Waals surface area contributed by atoms with Crippen LogP contribution in [0.3, 0.4) is 0 Å². The smallest absolute Gasteiger partial charge is 0.454 e. The van der Waals surface area contributed by atoms with E-state index < -0.39 is 17.5 Å². The summed E-state index contributed by atoms with van der Waals surface area (Å²) in [5.41, 5.74) is 0.657. The van der Waals surface area contributed by atoms with Crippen LogP contribution in [0.5, 0.6) is 17.2 Å². The van der Waals surface area contributed by atoms with Gasteiger partial charge in [-0.2, -0.15) is 13.2 Å². The van der Waals surface area contributed by atoms with Gasteiger partial charge in [0, 0.05) is 30.3 Å². The Morgan fingerprint density at radius 1 is 1.03 bits per heavy atom. The van der Waals surface area contributed by atoms with Gasteiger partial charge in [-0.1, -0.05) is 36.4 Å². The zero-order valence-electron chi connectivity index (χ0n) is 18.2. The van der Waals surface area contributed by atoms with E-state index in [0.717, 1.165) is 17.1 Å². The molecular formula is C25H24F3NO4. The molecule has 0 amide bonds. The van der Waals surface area contributed by atoms with Crippen molar-refractivity contribution in [2.45, 2.75) is 19.0 Å². The largest absolute Gasteiger partial charge is 0.508 e. The second-order valence-electron chi connectivity index (χ2n) is 7.35. The number of benzene rings is 3. The number of hydrogen-bond donors (Lipinski definition) is 2. The van der Waals surface area contributed by atoms with E-state index in [-0.39, 0.29) is 24.3 Å². The van der Waals surface area contributed by atoms with E-state index in [9.17, 15) is 23.1 Å². The van der Waals surface area contributed by atoms with Gasteiger partial charge in [0.15, 0.2) is 11.5 Å². The van der Waals surface area contributed by atoms with Crippen molar-refractivity contribution in [1.29, 1.82) is 0 Å². The fourth-order valence-electron chi connectivity index (χ4n) is 3.53. The summed E-state index contributed by atoms with van der Waals surface area (Å²) in [4.78, 5) is 12.1. The molecule has 0 fully saturated rings. The molecule has 0 radical (unpaired) electrons. The van der Waals surface area contributed by atoms with Gasteiger partial charge in [-0.25, -0.2) is 0 Å². The first-order valence-corrected chi connectivity index (χ1v) is 10.2. The maximum Gasteiger partial charge on any atom is 0.454 e. The predicted octanol–water partition coefficient (Wildman–Crippen LogP) is 4.95. The standard InChI is InChI=1S/C25H24F3NO4/c1-32-22-10-7-16(13-23(22)33-2)11-12-29-15-18(24(31)25(26,27)28)14-20-19-6-4-3-5-17(19)8-9-21(20)30/h3-10,13,15,29-30H,11-12,14H2,1-2H3/b18-15+. The van der Waals surface area contributed by atoms with Gasteiger partial charge in [0.25, 0.3) is 5.78 Å². The number of carbonyl (C=O) groups excluding carboxylic acids is 1. The summed E-state index contributed by atoms with van der Waals surface area (Å²) in [6.45, 7) is 0.283. The van der Waals surface area contributed by atoms with Gasteiger partial charge < -0.3 is 19.9 Å². The average molecular weight is 459 g/mol. The molecule has 0 aromatic heterocycles. The highest BCUT2D eigenvalue weighted by Gasteiger charge is 2.40. The van der Waals surface area contributed by atoms with Gasteiger partial charge in [-0.15, -0.1) is 0 Å². The number of alkyl halides is 3. The number of Topliss-reactive ketones (excluding diaryl/α,β-unsaturated/α-hetero) is 1. The third-order valence-corrected chi connectivity index (χ3v) is 5.21. The molecule has 0 unspecified atom stereocenters. The number of hydrogen-bond acceptors (Lipinski definition) is 5. The molecule has 174 valence electrons. The van der Waals surface area contributed by atoms with Crippen molar-refractivity contribution in [2.24, 2.45) is 0 Å². The Kier molecular flexibility index (Phi) is 7.48. The van der Waals surface area contributed by atoms with E-state index in [1.165, 1.54) is 20.3 Å². The highest BCUT2D eigenvalue weighted by molar-refractivity contribution is 6.01. The van der Waals surface area contributed by atoms with Gasteiger partial charge >= 0.3 is 6.18 Å².